The van der Waals surface area contributed by atoms with Crippen LogP contribution >= 0.6 is 15.9 Å². The van der Waals surface area contributed by atoms with Crippen molar-refractivity contribution in [1.29, 1.82) is 0 Å². The number of halogens is 1. The van der Waals surface area contributed by atoms with E-state index < -0.39 is 0 Å². The summed E-state index contributed by atoms with van der Waals surface area (Å²) in [6.45, 7) is 7.03. The van der Waals surface area contributed by atoms with Crippen LogP contribution in [-0.4, -0.2) is 0 Å². The molecule has 0 amide bonds. The number of hydrogen-bond donors (Lipinski definition) is 0. The maximum absolute atomic E-state index is 4.16. The average molecular weight is 347 g/mol. The van der Waals surface area contributed by atoms with Crippen molar-refractivity contribution in [2.45, 2.75) is 64.1 Å². The highest BCUT2D eigenvalue weighted by Gasteiger charge is 2.58. The van der Waals surface area contributed by atoms with E-state index in [0.717, 1.165) is 11.8 Å². The largest absolute Gasteiger partial charge is 0.0833 e. The molecule has 114 valence electrons. The molecule has 1 aromatic carbocycles. The van der Waals surface area contributed by atoms with Gasteiger partial charge in [0.2, 0.25) is 0 Å². The second kappa shape index (κ2) is 4.60. The van der Waals surface area contributed by atoms with E-state index in [1.54, 1.807) is 0 Å². The molecule has 5 rings (SSSR count). The summed E-state index contributed by atoms with van der Waals surface area (Å²) in [7, 11) is 0. The van der Waals surface area contributed by atoms with Crippen LogP contribution in [-0.2, 0) is 0 Å². The van der Waals surface area contributed by atoms with Gasteiger partial charge in [-0.25, -0.2) is 0 Å². The van der Waals surface area contributed by atoms with Crippen LogP contribution in [0.5, 0.6) is 0 Å². The first-order valence-electron chi connectivity index (χ1n) is 8.60. The van der Waals surface area contributed by atoms with Crippen LogP contribution in [0.4, 0.5) is 0 Å². The van der Waals surface area contributed by atoms with Crippen LogP contribution < -0.4 is 0 Å². The maximum Gasteiger partial charge on any atom is 0.0452 e. The first kappa shape index (κ1) is 14.3. The Morgan fingerprint density at radius 3 is 2.29 bits per heavy atom. The van der Waals surface area contributed by atoms with Gasteiger partial charge in [-0.3, -0.25) is 0 Å². The minimum atomic E-state index is 0.528. The first-order valence-corrected chi connectivity index (χ1v) is 9.52. The van der Waals surface area contributed by atoms with Crippen molar-refractivity contribution in [2.24, 2.45) is 22.7 Å². The van der Waals surface area contributed by atoms with Crippen molar-refractivity contribution in [3.05, 3.63) is 34.9 Å². The van der Waals surface area contributed by atoms with Gasteiger partial charge < -0.3 is 0 Å². The van der Waals surface area contributed by atoms with Gasteiger partial charge in [-0.15, -0.1) is 0 Å². The molecule has 4 fully saturated rings. The van der Waals surface area contributed by atoms with E-state index in [9.17, 15) is 0 Å². The summed E-state index contributed by atoms with van der Waals surface area (Å²) in [5.41, 5.74) is 5.53. The second-order valence-corrected chi connectivity index (χ2v) is 9.76. The number of hydrogen-bond acceptors (Lipinski definition) is 0. The molecule has 3 atom stereocenters. The van der Waals surface area contributed by atoms with E-state index in [1.165, 1.54) is 55.2 Å². The zero-order valence-corrected chi connectivity index (χ0v) is 15.2. The Kier molecular flexibility index (Phi) is 3.13. The Labute approximate surface area is 137 Å². The molecule has 0 radical (unpaired) electrons. The summed E-state index contributed by atoms with van der Waals surface area (Å²) in [4.78, 5) is 0.550. The number of aryl methyl sites for hydroxylation is 2. The molecule has 4 aliphatic carbocycles. The van der Waals surface area contributed by atoms with Gasteiger partial charge in [-0.2, -0.15) is 0 Å². The van der Waals surface area contributed by atoms with E-state index in [1.807, 2.05) is 0 Å². The minimum Gasteiger partial charge on any atom is -0.0833 e. The van der Waals surface area contributed by atoms with Crippen molar-refractivity contribution in [2.75, 3.05) is 0 Å². The zero-order chi connectivity index (χ0) is 14.8. The smallest absolute Gasteiger partial charge is 0.0452 e. The van der Waals surface area contributed by atoms with E-state index in [-0.39, 0.29) is 0 Å². The van der Waals surface area contributed by atoms with Crippen LogP contribution in [0.3, 0.4) is 0 Å². The van der Waals surface area contributed by atoms with E-state index in [2.05, 4.69) is 54.9 Å². The van der Waals surface area contributed by atoms with Crippen molar-refractivity contribution in [1.82, 2.24) is 0 Å². The summed E-state index contributed by atoms with van der Waals surface area (Å²) in [6.07, 6.45) is 8.87. The van der Waals surface area contributed by atoms with Crippen molar-refractivity contribution >= 4 is 15.9 Å². The molecule has 1 heteroatoms. The lowest BCUT2D eigenvalue weighted by atomic mass is 9.44. The highest BCUT2D eigenvalue weighted by atomic mass is 79.9. The van der Waals surface area contributed by atoms with E-state index in [4.69, 9.17) is 0 Å². The quantitative estimate of drug-likeness (QED) is 0.547. The predicted molar refractivity (Wildman–Crippen MR) is 92.8 cm³/mol. The minimum absolute atomic E-state index is 0.528. The summed E-state index contributed by atoms with van der Waals surface area (Å²) in [6, 6.07) is 7.10. The molecule has 21 heavy (non-hydrogen) atoms. The molecule has 4 aliphatic rings. The van der Waals surface area contributed by atoms with Crippen LogP contribution in [0, 0.1) is 36.5 Å². The molecule has 1 aromatic rings. The van der Waals surface area contributed by atoms with Crippen LogP contribution in [0.15, 0.2) is 18.2 Å². The molecule has 0 aliphatic heterocycles. The first-order chi connectivity index (χ1) is 9.89. The van der Waals surface area contributed by atoms with Gasteiger partial charge >= 0.3 is 0 Å². The standard InChI is InChI=1S/C20H27Br/c1-13-4-5-17(6-14(13)2)18(21)20-10-15-7-16(11-20)9-19(3,8-15)12-20/h4-6,15-16,18H,7-12H2,1-3H3. The van der Waals surface area contributed by atoms with E-state index >= 15 is 0 Å². The summed E-state index contributed by atoms with van der Waals surface area (Å²) < 4.78 is 0. The Morgan fingerprint density at radius 2 is 1.71 bits per heavy atom. The van der Waals surface area contributed by atoms with Crippen molar-refractivity contribution < 1.29 is 0 Å². The summed E-state index contributed by atoms with van der Waals surface area (Å²) >= 11 is 4.16. The lowest BCUT2D eigenvalue weighted by Gasteiger charge is -2.63. The molecule has 0 saturated heterocycles. The van der Waals surface area contributed by atoms with Gasteiger partial charge in [0.25, 0.3) is 0 Å². The Morgan fingerprint density at radius 1 is 1.05 bits per heavy atom. The average Bonchev–Trinajstić information content (AvgIpc) is 2.38. The third kappa shape index (κ3) is 2.22. The normalized spacial score (nSPS) is 42.3. The van der Waals surface area contributed by atoms with Crippen LogP contribution in [0.2, 0.25) is 0 Å². The third-order valence-corrected chi connectivity index (χ3v) is 8.26. The zero-order valence-electron chi connectivity index (χ0n) is 13.6. The molecule has 0 N–H and O–H groups in total. The molecule has 0 spiro atoms. The lowest BCUT2D eigenvalue weighted by molar-refractivity contribution is -0.101. The van der Waals surface area contributed by atoms with Gasteiger partial charge in [-0.05, 0) is 91.7 Å². The van der Waals surface area contributed by atoms with Gasteiger partial charge in [0.05, 0.1) is 0 Å². The third-order valence-electron chi connectivity index (χ3n) is 6.76. The molecule has 4 bridgehead atoms. The van der Waals surface area contributed by atoms with Gasteiger partial charge in [0.15, 0.2) is 0 Å². The van der Waals surface area contributed by atoms with Crippen molar-refractivity contribution in [3.8, 4) is 0 Å². The molecule has 3 unspecified atom stereocenters. The number of rotatable bonds is 2. The summed E-state index contributed by atoms with van der Waals surface area (Å²) in [5.74, 6) is 2.01. The predicted octanol–water partition coefficient (Wildman–Crippen LogP) is 6.35. The van der Waals surface area contributed by atoms with Gasteiger partial charge in [0.1, 0.15) is 0 Å². The van der Waals surface area contributed by atoms with Crippen LogP contribution in [0.25, 0.3) is 0 Å². The molecular formula is C20H27Br. The SMILES string of the molecule is Cc1ccc(C(Br)C23CC4CC(CC(C)(C4)C2)C3)cc1C. The van der Waals surface area contributed by atoms with Crippen LogP contribution in [0.1, 0.15) is 67.0 Å². The fourth-order valence-corrected chi connectivity index (χ4v) is 7.19. The Bertz CT molecular complexity index is 559. The fourth-order valence-electron chi connectivity index (χ4n) is 6.37. The highest BCUT2D eigenvalue weighted by molar-refractivity contribution is 9.09. The summed E-state index contributed by atoms with van der Waals surface area (Å²) in [5, 5.41) is 0. The van der Waals surface area contributed by atoms with Crippen molar-refractivity contribution in [3.63, 3.8) is 0 Å². The number of benzene rings is 1. The Hall–Kier alpha value is -0.300. The second-order valence-electron chi connectivity index (χ2n) is 8.84. The van der Waals surface area contributed by atoms with Gasteiger partial charge in [0, 0.05) is 4.83 Å². The molecular weight excluding hydrogens is 320 g/mol. The monoisotopic (exact) mass is 346 g/mol. The molecule has 0 heterocycles. The maximum atomic E-state index is 4.16. The Balaban J connectivity index is 1.70. The molecule has 4 saturated carbocycles. The highest BCUT2D eigenvalue weighted by Crippen LogP contribution is 2.69. The molecule has 0 nitrogen and oxygen atoms in total. The number of alkyl halides is 1. The van der Waals surface area contributed by atoms with Gasteiger partial charge in [-0.1, -0.05) is 41.1 Å². The lowest BCUT2D eigenvalue weighted by Crippen LogP contribution is -2.52. The fraction of sp³-hybridized carbons (Fsp3) is 0.700. The molecule has 0 aromatic heterocycles. The topological polar surface area (TPSA) is 0 Å². The van der Waals surface area contributed by atoms with E-state index in [0.29, 0.717) is 15.7 Å².